The van der Waals surface area contributed by atoms with E-state index in [1.54, 1.807) is 6.07 Å². The van der Waals surface area contributed by atoms with Crippen molar-refractivity contribution in [2.45, 2.75) is 6.54 Å². The molecule has 0 radical (unpaired) electrons. The Morgan fingerprint density at radius 3 is 2.80 bits per heavy atom. The molecule has 7 heteroatoms. The third-order valence-corrected chi connectivity index (χ3v) is 3.04. The topological polar surface area (TPSA) is 71.3 Å². The molecule has 0 saturated carbocycles. The van der Waals surface area contributed by atoms with Crippen LogP contribution in [0.25, 0.3) is 0 Å². The molecule has 1 aromatic heterocycles. The predicted molar refractivity (Wildman–Crippen MR) is 74.1 cm³/mol. The summed E-state index contributed by atoms with van der Waals surface area (Å²) in [6, 6.07) is 7.18. The first-order chi connectivity index (χ1) is 9.47. The van der Waals surface area contributed by atoms with Crippen LogP contribution in [-0.2, 0) is 11.3 Å². The van der Waals surface area contributed by atoms with Crippen LogP contribution in [0.15, 0.2) is 41.0 Å². The molecule has 0 aliphatic rings. The monoisotopic (exact) mass is 340 g/mol. The van der Waals surface area contributed by atoms with E-state index in [2.05, 4.69) is 21.2 Å². The number of hydrogen-bond acceptors (Lipinski definition) is 2. The van der Waals surface area contributed by atoms with Crippen molar-refractivity contribution in [3.8, 4) is 0 Å². The van der Waals surface area contributed by atoms with Crippen molar-refractivity contribution in [3.63, 3.8) is 0 Å². The zero-order chi connectivity index (χ0) is 14.7. The summed E-state index contributed by atoms with van der Waals surface area (Å²) < 4.78 is 15.4. The maximum Gasteiger partial charge on any atom is 0.323 e. The van der Waals surface area contributed by atoms with Crippen molar-refractivity contribution in [3.05, 3.63) is 52.5 Å². The Balaban J connectivity index is 2.22. The highest BCUT2D eigenvalue weighted by molar-refractivity contribution is 9.10. The van der Waals surface area contributed by atoms with E-state index in [4.69, 9.17) is 5.11 Å². The number of halogens is 2. The lowest BCUT2D eigenvalue weighted by molar-refractivity contribution is -0.137. The Morgan fingerprint density at radius 2 is 2.10 bits per heavy atom. The van der Waals surface area contributed by atoms with E-state index in [1.165, 1.54) is 35.0 Å². The highest BCUT2D eigenvalue weighted by atomic mass is 79.9. The van der Waals surface area contributed by atoms with Gasteiger partial charge >= 0.3 is 5.97 Å². The molecule has 0 unspecified atom stereocenters. The van der Waals surface area contributed by atoms with Crippen LogP contribution in [0, 0.1) is 5.82 Å². The third kappa shape index (κ3) is 3.24. The van der Waals surface area contributed by atoms with Gasteiger partial charge in [-0.1, -0.05) is 15.9 Å². The Hall–Kier alpha value is -2.15. The molecular formula is C13H10BrFN2O3. The summed E-state index contributed by atoms with van der Waals surface area (Å²) in [6.07, 6.45) is 1.47. The number of nitrogens with one attached hydrogen (secondary N) is 1. The second kappa shape index (κ2) is 5.87. The average Bonchev–Trinajstić information content (AvgIpc) is 2.81. The van der Waals surface area contributed by atoms with Gasteiger partial charge in [-0.05, 0) is 30.3 Å². The summed E-state index contributed by atoms with van der Waals surface area (Å²) in [5.74, 6) is -2.21. The van der Waals surface area contributed by atoms with Gasteiger partial charge in [0.1, 0.15) is 18.1 Å². The van der Waals surface area contributed by atoms with E-state index in [-0.39, 0.29) is 17.9 Å². The molecule has 0 aliphatic heterocycles. The normalized spacial score (nSPS) is 10.3. The molecule has 0 atom stereocenters. The van der Waals surface area contributed by atoms with Gasteiger partial charge in [0.05, 0.1) is 5.69 Å². The van der Waals surface area contributed by atoms with Gasteiger partial charge in [0.2, 0.25) is 0 Å². The van der Waals surface area contributed by atoms with Crippen LogP contribution in [0.5, 0.6) is 0 Å². The Bertz CT molecular complexity index is 669. The maximum absolute atomic E-state index is 13.5. The fraction of sp³-hybridized carbons (Fsp3) is 0.0769. The number of aliphatic carboxylic acids is 1. The lowest BCUT2D eigenvalue weighted by Gasteiger charge is -2.09. The molecule has 104 valence electrons. The number of anilines is 1. The average molecular weight is 341 g/mol. The summed E-state index contributed by atoms with van der Waals surface area (Å²) in [7, 11) is 0. The van der Waals surface area contributed by atoms with Gasteiger partial charge in [-0.15, -0.1) is 0 Å². The van der Waals surface area contributed by atoms with Gasteiger partial charge in [-0.3, -0.25) is 9.59 Å². The van der Waals surface area contributed by atoms with Crippen LogP contribution < -0.4 is 5.32 Å². The number of aromatic nitrogens is 1. The van der Waals surface area contributed by atoms with E-state index < -0.39 is 17.7 Å². The first-order valence-electron chi connectivity index (χ1n) is 5.60. The minimum absolute atomic E-state index is 0.0208. The molecule has 5 nitrogen and oxygen atoms in total. The number of carbonyl (C=O) groups is 2. The molecule has 2 rings (SSSR count). The van der Waals surface area contributed by atoms with Crippen molar-refractivity contribution in [2.75, 3.05) is 5.32 Å². The largest absolute Gasteiger partial charge is 0.480 e. The van der Waals surface area contributed by atoms with Crippen molar-refractivity contribution < 1.29 is 19.1 Å². The number of carbonyl (C=O) groups excluding carboxylic acids is 1. The third-order valence-electron chi connectivity index (χ3n) is 2.54. The van der Waals surface area contributed by atoms with Crippen molar-refractivity contribution in [1.29, 1.82) is 0 Å². The Labute approximate surface area is 122 Å². The number of carboxylic acid groups (broad SMARTS) is 1. The Kier molecular flexibility index (Phi) is 4.19. The van der Waals surface area contributed by atoms with Crippen LogP contribution in [0.4, 0.5) is 10.1 Å². The molecule has 20 heavy (non-hydrogen) atoms. The zero-order valence-electron chi connectivity index (χ0n) is 10.1. The van der Waals surface area contributed by atoms with Gasteiger partial charge in [0.25, 0.3) is 5.91 Å². The number of rotatable bonds is 4. The highest BCUT2D eigenvalue weighted by Crippen LogP contribution is 2.20. The second-order valence-corrected chi connectivity index (χ2v) is 4.91. The number of benzene rings is 1. The van der Waals surface area contributed by atoms with Crippen LogP contribution >= 0.6 is 15.9 Å². The molecule has 1 heterocycles. The second-order valence-electron chi connectivity index (χ2n) is 3.99. The quantitative estimate of drug-likeness (QED) is 0.898. The van der Waals surface area contributed by atoms with Crippen LogP contribution in [0.3, 0.4) is 0 Å². The fourth-order valence-electron chi connectivity index (χ4n) is 1.68. The molecule has 2 N–H and O–H groups in total. The molecule has 0 fully saturated rings. The first kappa shape index (κ1) is 14.3. The number of hydrogen-bond donors (Lipinski definition) is 2. The summed E-state index contributed by atoms with van der Waals surface area (Å²) >= 11 is 3.18. The molecule has 0 spiro atoms. The SMILES string of the molecule is O=C(O)Cn1cccc1C(=O)Nc1cc(Br)ccc1F. The van der Waals surface area contributed by atoms with E-state index in [1.807, 2.05) is 0 Å². The van der Waals surface area contributed by atoms with Gasteiger partial charge in [-0.25, -0.2) is 4.39 Å². The fourth-order valence-corrected chi connectivity index (χ4v) is 2.04. The van der Waals surface area contributed by atoms with Crippen molar-refractivity contribution in [1.82, 2.24) is 4.57 Å². The van der Waals surface area contributed by atoms with Gasteiger partial charge in [0, 0.05) is 10.7 Å². The Morgan fingerprint density at radius 1 is 1.35 bits per heavy atom. The molecule has 0 bridgehead atoms. The van der Waals surface area contributed by atoms with Gasteiger partial charge < -0.3 is 15.0 Å². The van der Waals surface area contributed by atoms with E-state index in [0.29, 0.717) is 4.47 Å². The van der Waals surface area contributed by atoms with Crippen molar-refractivity contribution in [2.24, 2.45) is 0 Å². The summed E-state index contributed by atoms with van der Waals surface area (Å²) in [5.41, 5.74) is 0.166. The summed E-state index contributed by atoms with van der Waals surface area (Å²) in [6.45, 7) is -0.337. The minimum Gasteiger partial charge on any atom is -0.480 e. The molecular weight excluding hydrogens is 331 g/mol. The van der Waals surface area contributed by atoms with E-state index >= 15 is 0 Å². The molecule has 0 aliphatic carbocycles. The molecule has 2 aromatic rings. The lowest BCUT2D eigenvalue weighted by Crippen LogP contribution is -2.19. The number of carboxylic acids is 1. The predicted octanol–water partition coefficient (Wildman–Crippen LogP) is 2.73. The lowest BCUT2D eigenvalue weighted by atomic mass is 10.3. The van der Waals surface area contributed by atoms with Crippen LogP contribution in [0.2, 0.25) is 0 Å². The van der Waals surface area contributed by atoms with E-state index in [9.17, 15) is 14.0 Å². The molecule has 0 saturated heterocycles. The smallest absolute Gasteiger partial charge is 0.323 e. The number of nitrogens with zero attached hydrogens (tertiary/aromatic N) is 1. The standard InChI is InChI=1S/C13H10BrFN2O3/c14-8-3-4-9(15)10(6-8)16-13(20)11-2-1-5-17(11)7-12(18)19/h1-6H,7H2,(H,16,20)(H,18,19). The number of amides is 1. The summed E-state index contributed by atoms with van der Waals surface area (Å²) in [5, 5.41) is 11.2. The molecule has 1 aromatic carbocycles. The highest BCUT2D eigenvalue weighted by Gasteiger charge is 2.14. The molecule has 1 amide bonds. The van der Waals surface area contributed by atoms with Crippen LogP contribution in [-0.4, -0.2) is 21.6 Å². The first-order valence-corrected chi connectivity index (χ1v) is 6.40. The van der Waals surface area contributed by atoms with Crippen LogP contribution in [0.1, 0.15) is 10.5 Å². The van der Waals surface area contributed by atoms with Gasteiger partial charge in [0.15, 0.2) is 0 Å². The maximum atomic E-state index is 13.5. The van der Waals surface area contributed by atoms with E-state index in [0.717, 1.165) is 0 Å². The minimum atomic E-state index is -1.07. The summed E-state index contributed by atoms with van der Waals surface area (Å²) in [4.78, 5) is 22.7. The van der Waals surface area contributed by atoms with Crippen molar-refractivity contribution >= 4 is 33.5 Å². The van der Waals surface area contributed by atoms with Gasteiger partial charge in [-0.2, -0.15) is 0 Å². The zero-order valence-corrected chi connectivity index (χ0v) is 11.7.